The maximum atomic E-state index is 5.88. The second kappa shape index (κ2) is 9.08. The van der Waals surface area contributed by atoms with Gasteiger partial charge in [0.15, 0.2) is 5.75 Å². The van der Waals surface area contributed by atoms with Crippen LogP contribution < -0.4 is 20.5 Å². The maximum absolute atomic E-state index is 5.88. The Kier molecular flexibility index (Phi) is 6.08. The lowest BCUT2D eigenvalue weighted by Crippen LogP contribution is -2.21. The van der Waals surface area contributed by atoms with E-state index in [2.05, 4.69) is 37.4 Å². The number of anilines is 2. The Labute approximate surface area is 177 Å². The van der Waals surface area contributed by atoms with Crippen molar-refractivity contribution in [2.45, 2.75) is 5.92 Å². The number of fused-ring (bicyclic) bond motifs is 1. The van der Waals surface area contributed by atoms with E-state index >= 15 is 0 Å². The first-order valence-electron chi connectivity index (χ1n) is 9.54. The fourth-order valence-electron chi connectivity index (χ4n) is 3.29. The zero-order chi connectivity index (χ0) is 20.9. The van der Waals surface area contributed by atoms with E-state index in [0.717, 1.165) is 34.1 Å². The van der Waals surface area contributed by atoms with Crippen LogP contribution in [0.5, 0.6) is 11.6 Å². The predicted octanol–water partition coefficient (Wildman–Crippen LogP) is 2.81. The second-order valence-electron chi connectivity index (χ2n) is 7.02. The monoisotopic (exact) mass is 424 g/mol. The molecule has 8 nitrogen and oxygen atoms in total. The van der Waals surface area contributed by atoms with Gasteiger partial charge in [0.25, 0.3) is 5.88 Å². The van der Waals surface area contributed by atoms with Gasteiger partial charge in [0.2, 0.25) is 0 Å². The molecule has 3 aromatic rings. The predicted molar refractivity (Wildman–Crippen MR) is 122 cm³/mol. The number of hydrogen-bond acceptors (Lipinski definition) is 8. The molecule has 0 aliphatic carbocycles. The molecule has 9 heteroatoms. The van der Waals surface area contributed by atoms with Crippen LogP contribution in [-0.4, -0.2) is 57.6 Å². The summed E-state index contributed by atoms with van der Waals surface area (Å²) in [6.07, 6.45) is 7.15. The average molecular weight is 425 g/mol. The highest BCUT2D eigenvalue weighted by atomic mass is 32.2. The molecule has 4 heterocycles. The summed E-state index contributed by atoms with van der Waals surface area (Å²) in [6, 6.07) is 7.55. The van der Waals surface area contributed by atoms with Gasteiger partial charge in [-0.1, -0.05) is 5.87 Å². The summed E-state index contributed by atoms with van der Waals surface area (Å²) in [5.41, 5.74) is 8.41. The van der Waals surface area contributed by atoms with E-state index in [9.17, 15) is 0 Å². The van der Waals surface area contributed by atoms with Crippen LogP contribution in [-0.2, 0) is 0 Å². The number of ether oxygens (including phenoxy) is 2. The number of nitrogens with zero attached hydrogens (tertiary/aromatic N) is 4. The lowest BCUT2D eigenvalue weighted by atomic mass is 10.0. The Morgan fingerprint density at radius 2 is 2.03 bits per heavy atom. The number of pyridine rings is 2. The van der Waals surface area contributed by atoms with Gasteiger partial charge in [-0.15, -0.1) is 0 Å². The number of rotatable bonds is 7. The van der Waals surface area contributed by atoms with E-state index in [0.29, 0.717) is 31.5 Å². The summed E-state index contributed by atoms with van der Waals surface area (Å²) < 4.78 is 11.5. The van der Waals surface area contributed by atoms with Gasteiger partial charge >= 0.3 is 0 Å². The highest BCUT2D eigenvalue weighted by molar-refractivity contribution is 8.13. The molecule has 2 unspecified atom stereocenters. The van der Waals surface area contributed by atoms with Crippen molar-refractivity contribution in [3.05, 3.63) is 48.5 Å². The third-order valence-electron chi connectivity index (χ3n) is 4.68. The Morgan fingerprint density at radius 3 is 2.83 bits per heavy atom. The van der Waals surface area contributed by atoms with Crippen LogP contribution in [0.4, 0.5) is 11.6 Å². The molecule has 2 atom stereocenters. The molecule has 0 bridgehead atoms. The van der Waals surface area contributed by atoms with Gasteiger partial charge in [0.05, 0.1) is 5.69 Å². The van der Waals surface area contributed by atoms with Crippen LogP contribution in [0.2, 0.25) is 0 Å². The zero-order valence-corrected chi connectivity index (χ0v) is 17.6. The van der Waals surface area contributed by atoms with Gasteiger partial charge in [-0.05, 0) is 30.2 Å². The fourth-order valence-corrected chi connectivity index (χ4v) is 4.28. The maximum Gasteiger partial charge on any atom is 0.257 e. The topological polar surface area (TPSA) is 108 Å². The van der Waals surface area contributed by atoms with Crippen molar-refractivity contribution in [3.8, 4) is 22.9 Å². The van der Waals surface area contributed by atoms with Crippen LogP contribution in [0.3, 0.4) is 0 Å². The van der Waals surface area contributed by atoms with Crippen molar-refractivity contribution in [3.63, 3.8) is 0 Å². The van der Waals surface area contributed by atoms with Crippen molar-refractivity contribution in [1.82, 2.24) is 19.9 Å². The van der Waals surface area contributed by atoms with E-state index in [1.54, 1.807) is 24.8 Å². The Morgan fingerprint density at radius 1 is 1.17 bits per heavy atom. The number of nitrogen functional groups attached to an aromatic ring is 1. The molecule has 0 amide bonds. The van der Waals surface area contributed by atoms with Crippen LogP contribution in [0.1, 0.15) is 11.5 Å². The highest BCUT2D eigenvalue weighted by Crippen LogP contribution is 2.37. The summed E-state index contributed by atoms with van der Waals surface area (Å²) in [7, 11) is -0.000824. The molecule has 0 saturated carbocycles. The second-order valence-corrected chi connectivity index (χ2v) is 8.91. The van der Waals surface area contributed by atoms with E-state index in [1.807, 2.05) is 18.2 Å². The van der Waals surface area contributed by atoms with Crippen LogP contribution in [0.25, 0.3) is 11.3 Å². The Hall–Kier alpha value is -3.20. The summed E-state index contributed by atoms with van der Waals surface area (Å²) in [6.45, 7) is 1.71. The van der Waals surface area contributed by atoms with Gasteiger partial charge in [-0.2, -0.15) is 10.5 Å². The van der Waals surface area contributed by atoms with Gasteiger partial charge in [0.1, 0.15) is 31.2 Å². The molecule has 0 fully saturated rings. The Bertz CT molecular complexity index is 1040. The normalized spacial score (nSPS) is 14.7. The van der Waals surface area contributed by atoms with Gasteiger partial charge < -0.3 is 20.5 Å². The number of nitrogens with two attached hydrogens (primary N) is 1. The molecule has 3 aromatic heterocycles. The van der Waals surface area contributed by atoms with E-state index in [-0.39, 0.29) is 16.4 Å². The first kappa shape index (κ1) is 20.1. The van der Waals surface area contributed by atoms with Crippen molar-refractivity contribution < 1.29 is 9.47 Å². The molecular weight excluding hydrogens is 400 g/mol. The van der Waals surface area contributed by atoms with Crippen molar-refractivity contribution in [1.29, 1.82) is 0 Å². The highest BCUT2D eigenvalue weighted by Gasteiger charge is 2.23. The Balaban J connectivity index is 1.55. The molecule has 1 aliphatic heterocycles. The largest absolute Gasteiger partial charge is 0.484 e. The first-order chi connectivity index (χ1) is 14.6. The molecule has 0 radical (unpaired) electrons. The fraction of sp³-hybridized carbons (Fsp3) is 0.286. The molecule has 3 N–H and O–H groups in total. The standard InChI is InChI=1S/C21H24N6O2S/c1-30(2)12-15(16-5-6-23-21-20(16)28-7-8-29-21)11-25-19-9-17(26-13-27-19)14-3-4-18(22)24-10-14/h3-6,9-10,13,15H,1,7-8,11-12H2,2H3,(H2,22,24)(H,25,26,27). The molecule has 0 spiro atoms. The summed E-state index contributed by atoms with van der Waals surface area (Å²) >= 11 is 0. The number of nitrogens with one attached hydrogen (secondary N) is 1. The first-order valence-corrected chi connectivity index (χ1v) is 11.5. The third kappa shape index (κ3) is 4.68. The van der Waals surface area contributed by atoms with Gasteiger partial charge in [-0.3, -0.25) is 0 Å². The molecule has 0 saturated heterocycles. The van der Waals surface area contributed by atoms with Crippen molar-refractivity contribution >= 4 is 28.0 Å². The summed E-state index contributed by atoms with van der Waals surface area (Å²) in [5.74, 6) is 7.79. The smallest absolute Gasteiger partial charge is 0.257 e. The average Bonchev–Trinajstić information content (AvgIpc) is 2.77. The zero-order valence-electron chi connectivity index (χ0n) is 16.7. The molecule has 0 aromatic carbocycles. The van der Waals surface area contributed by atoms with Gasteiger partial charge in [0, 0.05) is 42.0 Å². The lowest BCUT2D eigenvalue weighted by molar-refractivity contribution is 0.162. The molecular formula is C21H24N6O2S. The van der Waals surface area contributed by atoms with Crippen molar-refractivity contribution in [2.24, 2.45) is 0 Å². The SMILES string of the molecule is C=S(C)CC(CNc1cc(-c2ccc(N)nc2)ncn1)c1ccnc2c1OCCO2. The quantitative estimate of drug-likeness (QED) is 0.558. The molecule has 1 aliphatic rings. The molecule has 4 rings (SSSR count). The minimum absolute atomic E-state index is 0.000824. The molecule has 156 valence electrons. The number of hydrogen-bond donors (Lipinski definition) is 2. The van der Waals surface area contributed by atoms with Crippen LogP contribution >= 0.6 is 10.5 Å². The van der Waals surface area contributed by atoms with Crippen molar-refractivity contribution in [2.75, 3.05) is 42.8 Å². The van der Waals surface area contributed by atoms with Gasteiger partial charge in [-0.25, -0.2) is 19.9 Å². The minimum atomic E-state index is -0.000824. The van der Waals surface area contributed by atoms with E-state index in [4.69, 9.17) is 15.2 Å². The summed E-state index contributed by atoms with van der Waals surface area (Å²) in [4.78, 5) is 17.1. The third-order valence-corrected chi connectivity index (χ3v) is 5.65. The van der Waals surface area contributed by atoms with Crippen LogP contribution in [0.15, 0.2) is 43.0 Å². The van der Waals surface area contributed by atoms with E-state index < -0.39 is 0 Å². The van der Waals surface area contributed by atoms with Crippen LogP contribution in [0, 0.1) is 0 Å². The minimum Gasteiger partial charge on any atom is -0.484 e. The lowest BCUT2D eigenvalue weighted by Gasteiger charge is -2.25. The molecule has 30 heavy (non-hydrogen) atoms. The van der Waals surface area contributed by atoms with E-state index in [1.165, 1.54) is 0 Å². The number of aromatic nitrogens is 4. The summed E-state index contributed by atoms with van der Waals surface area (Å²) in [5, 5.41) is 3.44.